The zero-order valence-corrected chi connectivity index (χ0v) is 42.8. The van der Waals surface area contributed by atoms with Gasteiger partial charge in [0.15, 0.2) is 0 Å². The summed E-state index contributed by atoms with van der Waals surface area (Å²) in [6, 6.07) is 64.7. The van der Waals surface area contributed by atoms with E-state index in [0.717, 1.165) is 23.5 Å². The molecule has 1 aliphatic carbocycles. The summed E-state index contributed by atoms with van der Waals surface area (Å²) in [5.74, 6) is 0. The van der Waals surface area contributed by atoms with Gasteiger partial charge in [-0.2, -0.15) is 0 Å². The van der Waals surface area contributed by atoms with E-state index < -0.39 is 0 Å². The average Bonchev–Trinajstić information content (AvgIpc) is 3.50. The monoisotopic (exact) mass is 900 g/mol. The van der Waals surface area contributed by atoms with Crippen LogP contribution in [0, 0.1) is 13.8 Å². The first kappa shape index (κ1) is 44.7. The lowest BCUT2D eigenvalue weighted by Crippen LogP contribution is -2.61. The molecule has 11 rings (SSSR count). The summed E-state index contributed by atoms with van der Waals surface area (Å²) in [6.07, 6.45) is 1.10. The van der Waals surface area contributed by atoms with Crippen molar-refractivity contribution in [1.82, 2.24) is 0 Å². The van der Waals surface area contributed by atoms with Crippen LogP contribution in [0.15, 0.2) is 170 Å². The highest BCUT2D eigenvalue weighted by Crippen LogP contribution is 2.54. The number of para-hydroxylation sites is 2. The molecule has 0 spiro atoms. The van der Waals surface area contributed by atoms with Crippen molar-refractivity contribution in [2.24, 2.45) is 0 Å². The molecule has 3 nitrogen and oxygen atoms in total. The third-order valence-corrected chi connectivity index (χ3v) is 15.5. The van der Waals surface area contributed by atoms with Crippen LogP contribution in [0.25, 0.3) is 11.1 Å². The van der Waals surface area contributed by atoms with Gasteiger partial charge in [0.1, 0.15) is 0 Å². The van der Waals surface area contributed by atoms with Crippen molar-refractivity contribution < 1.29 is 0 Å². The van der Waals surface area contributed by atoms with Crippen LogP contribution < -0.4 is 31.1 Å². The second-order valence-corrected chi connectivity index (χ2v) is 23.6. The normalized spacial score (nSPS) is 15.3. The van der Waals surface area contributed by atoms with Crippen molar-refractivity contribution in [1.29, 1.82) is 0 Å². The van der Waals surface area contributed by atoms with E-state index in [2.05, 4.69) is 268 Å². The minimum atomic E-state index is -0.0219. The summed E-state index contributed by atoms with van der Waals surface area (Å²) in [5.41, 5.74) is 25.4. The SMILES string of the molecule is Cc1cc2c3c(c1)N(c1ccc(C(C)(C)C)cc1-c1ccccc1)c1cc4c(cc1B3c1ccc(N(c3ccccc3)c3ccccc3)cc1N2c1ccc(C(C)(C)C)cc1C)C(C)(C)CC4(C)C. The highest BCUT2D eigenvalue weighted by molar-refractivity contribution is 7.00. The van der Waals surface area contributed by atoms with Crippen LogP contribution in [0.4, 0.5) is 51.2 Å². The van der Waals surface area contributed by atoms with E-state index in [-0.39, 0.29) is 28.4 Å². The van der Waals surface area contributed by atoms with Crippen LogP contribution in [0.3, 0.4) is 0 Å². The fourth-order valence-electron chi connectivity index (χ4n) is 12.3. The molecular formula is C65H66BN3. The predicted octanol–water partition coefficient (Wildman–Crippen LogP) is 16.1. The van der Waals surface area contributed by atoms with Gasteiger partial charge in [-0.1, -0.05) is 166 Å². The van der Waals surface area contributed by atoms with Crippen LogP contribution in [0.2, 0.25) is 0 Å². The molecular weight excluding hydrogens is 834 g/mol. The zero-order chi connectivity index (χ0) is 48.4. The molecule has 0 unspecified atom stereocenters. The number of fused-ring (bicyclic) bond motifs is 5. The molecule has 0 saturated carbocycles. The number of nitrogens with zero attached hydrogens (tertiary/aromatic N) is 3. The molecule has 4 heteroatoms. The van der Waals surface area contributed by atoms with Crippen molar-refractivity contribution in [2.75, 3.05) is 14.7 Å². The summed E-state index contributed by atoms with van der Waals surface area (Å²) in [5, 5.41) is 0. The Hall–Kier alpha value is -6.78. The molecule has 0 N–H and O–H groups in total. The molecule has 0 amide bonds. The topological polar surface area (TPSA) is 9.72 Å². The lowest BCUT2D eigenvalue weighted by molar-refractivity contribution is 0.403. The van der Waals surface area contributed by atoms with E-state index in [1.807, 2.05) is 0 Å². The molecule has 8 aromatic carbocycles. The molecule has 0 fully saturated rings. The molecule has 0 atom stereocenters. The summed E-state index contributed by atoms with van der Waals surface area (Å²) < 4.78 is 0. The highest BCUT2D eigenvalue weighted by Gasteiger charge is 2.48. The molecule has 0 radical (unpaired) electrons. The van der Waals surface area contributed by atoms with Gasteiger partial charge in [0.2, 0.25) is 0 Å². The first-order valence-corrected chi connectivity index (χ1v) is 25.1. The van der Waals surface area contributed by atoms with Crippen LogP contribution in [-0.4, -0.2) is 6.71 Å². The highest BCUT2D eigenvalue weighted by atomic mass is 15.2. The predicted molar refractivity (Wildman–Crippen MR) is 298 cm³/mol. The van der Waals surface area contributed by atoms with Gasteiger partial charge in [-0.05, 0) is 170 Å². The molecule has 0 bridgehead atoms. The molecule has 0 saturated heterocycles. The molecule has 2 aliphatic heterocycles. The number of aryl methyl sites for hydroxylation is 2. The quantitative estimate of drug-likeness (QED) is 0.154. The maximum atomic E-state index is 2.66. The summed E-state index contributed by atoms with van der Waals surface area (Å²) >= 11 is 0. The van der Waals surface area contributed by atoms with Gasteiger partial charge in [-0.25, -0.2) is 0 Å². The molecule has 2 heterocycles. The Morgan fingerprint density at radius 1 is 0.449 bits per heavy atom. The Labute approximate surface area is 412 Å². The molecule has 8 aromatic rings. The first-order chi connectivity index (χ1) is 32.8. The fraction of sp³-hybridized carbons (Fsp3) is 0.262. The zero-order valence-electron chi connectivity index (χ0n) is 42.8. The van der Waals surface area contributed by atoms with Crippen molar-refractivity contribution in [3.05, 3.63) is 203 Å². The second kappa shape index (κ2) is 15.9. The minimum Gasteiger partial charge on any atom is -0.311 e. The lowest BCUT2D eigenvalue weighted by atomic mass is 9.33. The third kappa shape index (κ3) is 7.41. The maximum Gasteiger partial charge on any atom is 0.252 e. The van der Waals surface area contributed by atoms with E-state index >= 15 is 0 Å². The third-order valence-electron chi connectivity index (χ3n) is 15.5. The number of hydrogen-bond acceptors (Lipinski definition) is 3. The first-order valence-electron chi connectivity index (χ1n) is 25.1. The fourth-order valence-corrected chi connectivity index (χ4v) is 12.3. The Bertz CT molecular complexity index is 3260. The van der Waals surface area contributed by atoms with Crippen molar-refractivity contribution in [2.45, 2.75) is 111 Å². The summed E-state index contributed by atoms with van der Waals surface area (Å²) in [6.45, 7) is 28.3. The number of rotatable bonds is 6. The Kier molecular flexibility index (Phi) is 10.3. The van der Waals surface area contributed by atoms with E-state index in [4.69, 9.17) is 0 Å². The molecule has 3 aliphatic rings. The Morgan fingerprint density at radius 3 is 1.52 bits per heavy atom. The van der Waals surface area contributed by atoms with Gasteiger partial charge < -0.3 is 14.7 Å². The van der Waals surface area contributed by atoms with Crippen LogP contribution >= 0.6 is 0 Å². The van der Waals surface area contributed by atoms with Crippen molar-refractivity contribution in [3.8, 4) is 11.1 Å². The number of hydrogen-bond donors (Lipinski definition) is 0. The van der Waals surface area contributed by atoms with Crippen molar-refractivity contribution >= 4 is 74.3 Å². The summed E-state index contributed by atoms with van der Waals surface area (Å²) in [7, 11) is 0. The number of anilines is 9. The maximum absolute atomic E-state index is 2.66. The average molecular weight is 900 g/mol. The standard InChI is InChI=1S/C65H66BN3/c1-42-34-59-61-60(35-42)69(56-33-29-46(63(6,7)8)37-50(56)44-22-16-13-17-23-44)58-40-52-51(64(9,10)41-65(52,11)12)39-54(58)66(61)53-31-30-49(67(47-24-18-14-19-25-47)48-26-20-15-21-27-48)38-57(53)68(59)55-32-28-45(36-43(55)2)62(3,4)5/h13-40H,41H2,1-12H3. The van der Waals surface area contributed by atoms with Gasteiger partial charge in [0.05, 0.1) is 5.69 Å². The van der Waals surface area contributed by atoms with Crippen LogP contribution in [0.1, 0.15) is 109 Å². The van der Waals surface area contributed by atoms with Gasteiger partial charge in [-0.3, -0.25) is 0 Å². The van der Waals surface area contributed by atoms with Gasteiger partial charge >= 0.3 is 0 Å². The Balaban J connectivity index is 1.25. The van der Waals surface area contributed by atoms with E-state index in [9.17, 15) is 0 Å². The summed E-state index contributed by atoms with van der Waals surface area (Å²) in [4.78, 5) is 7.68. The van der Waals surface area contributed by atoms with Gasteiger partial charge in [0, 0.05) is 51.1 Å². The van der Waals surface area contributed by atoms with Crippen molar-refractivity contribution in [3.63, 3.8) is 0 Å². The van der Waals surface area contributed by atoms with Gasteiger partial charge in [-0.15, -0.1) is 0 Å². The molecule has 0 aromatic heterocycles. The largest absolute Gasteiger partial charge is 0.311 e. The number of benzene rings is 8. The van der Waals surface area contributed by atoms with Crippen LogP contribution in [0.5, 0.6) is 0 Å². The van der Waals surface area contributed by atoms with Crippen LogP contribution in [-0.2, 0) is 21.7 Å². The minimum absolute atomic E-state index is 0.0151. The van der Waals surface area contributed by atoms with E-state index in [1.54, 1.807) is 0 Å². The second-order valence-electron chi connectivity index (χ2n) is 23.6. The lowest BCUT2D eigenvalue weighted by Gasteiger charge is -2.46. The molecule has 344 valence electrons. The van der Waals surface area contributed by atoms with E-state index in [1.165, 1.54) is 95.0 Å². The Morgan fingerprint density at radius 2 is 0.957 bits per heavy atom. The smallest absolute Gasteiger partial charge is 0.252 e. The van der Waals surface area contributed by atoms with Gasteiger partial charge in [0.25, 0.3) is 6.71 Å². The van der Waals surface area contributed by atoms with E-state index in [0.29, 0.717) is 0 Å². The molecule has 69 heavy (non-hydrogen) atoms.